The number of nitrogens with zero attached hydrogens (tertiary/aromatic N) is 2. The Balaban J connectivity index is 2.04. The van der Waals surface area contributed by atoms with Crippen LogP contribution in [0.4, 0.5) is 5.82 Å². The summed E-state index contributed by atoms with van der Waals surface area (Å²) < 4.78 is 0. The van der Waals surface area contributed by atoms with Crippen molar-refractivity contribution in [3.05, 3.63) is 38.9 Å². The predicted octanol–water partition coefficient (Wildman–Crippen LogP) is 2.86. The van der Waals surface area contributed by atoms with Crippen molar-refractivity contribution in [1.82, 2.24) is 15.3 Å². The molecular weight excluding hydrogens is 296 g/mol. The van der Waals surface area contributed by atoms with Gasteiger partial charge in [0, 0.05) is 23.2 Å². The van der Waals surface area contributed by atoms with Gasteiger partial charge in [0.15, 0.2) is 0 Å². The number of nitrogens with one attached hydrogen (secondary N) is 2. The molecule has 0 fully saturated rings. The molecule has 0 aliphatic carbocycles. The first kappa shape index (κ1) is 14.7. The van der Waals surface area contributed by atoms with Gasteiger partial charge in [-0.2, -0.15) is 0 Å². The molecule has 2 heterocycles. The van der Waals surface area contributed by atoms with Crippen LogP contribution < -0.4 is 10.6 Å². The van der Waals surface area contributed by atoms with E-state index in [1.165, 1.54) is 11.3 Å². The van der Waals surface area contributed by atoms with Crippen LogP contribution in [0.1, 0.15) is 28.0 Å². The Morgan fingerprint density at radius 3 is 2.85 bits per heavy atom. The van der Waals surface area contributed by atoms with E-state index in [9.17, 15) is 4.79 Å². The SMILES string of the molecule is CCNc1cc(C(=O)NCc2nc(C)cs2)cc(Cl)n1. The Kier molecular flexibility index (Phi) is 4.92. The second-order valence-electron chi connectivity index (χ2n) is 4.16. The van der Waals surface area contributed by atoms with Crippen molar-refractivity contribution in [3.8, 4) is 0 Å². The summed E-state index contributed by atoms with van der Waals surface area (Å²) in [5.74, 6) is 0.400. The highest BCUT2D eigenvalue weighted by Crippen LogP contribution is 2.15. The van der Waals surface area contributed by atoms with Crippen LogP contribution in [-0.2, 0) is 6.54 Å². The fourth-order valence-corrected chi connectivity index (χ4v) is 2.56. The third-order valence-corrected chi connectivity index (χ3v) is 3.64. The molecular formula is C13H15ClN4OS. The molecule has 0 radical (unpaired) electrons. The molecule has 2 aromatic heterocycles. The van der Waals surface area contributed by atoms with Crippen LogP contribution >= 0.6 is 22.9 Å². The fourth-order valence-electron chi connectivity index (χ4n) is 1.64. The Morgan fingerprint density at radius 2 is 2.20 bits per heavy atom. The molecule has 5 nitrogen and oxygen atoms in total. The quantitative estimate of drug-likeness (QED) is 0.833. The number of hydrogen-bond acceptors (Lipinski definition) is 5. The zero-order chi connectivity index (χ0) is 14.5. The van der Waals surface area contributed by atoms with E-state index in [0.29, 0.717) is 29.6 Å². The Hall–Kier alpha value is -1.66. The molecule has 0 unspecified atom stereocenters. The Morgan fingerprint density at radius 1 is 1.40 bits per heavy atom. The van der Waals surface area contributed by atoms with Crippen molar-refractivity contribution in [1.29, 1.82) is 0 Å². The van der Waals surface area contributed by atoms with E-state index in [0.717, 1.165) is 10.7 Å². The number of carbonyl (C=O) groups is 1. The average Bonchev–Trinajstić information content (AvgIpc) is 2.81. The summed E-state index contributed by atoms with van der Waals surface area (Å²) in [5.41, 5.74) is 1.44. The van der Waals surface area contributed by atoms with Crippen molar-refractivity contribution in [2.75, 3.05) is 11.9 Å². The van der Waals surface area contributed by atoms with Gasteiger partial charge in [0.05, 0.1) is 6.54 Å². The summed E-state index contributed by atoms with van der Waals surface area (Å²) in [4.78, 5) is 20.5. The number of aryl methyl sites for hydroxylation is 1. The molecule has 20 heavy (non-hydrogen) atoms. The van der Waals surface area contributed by atoms with E-state index in [-0.39, 0.29) is 5.91 Å². The summed E-state index contributed by atoms with van der Waals surface area (Å²) in [6.07, 6.45) is 0. The predicted molar refractivity (Wildman–Crippen MR) is 81.4 cm³/mol. The monoisotopic (exact) mass is 310 g/mol. The number of pyridine rings is 1. The second-order valence-corrected chi connectivity index (χ2v) is 5.49. The van der Waals surface area contributed by atoms with Crippen LogP contribution in [0, 0.1) is 6.92 Å². The van der Waals surface area contributed by atoms with E-state index in [2.05, 4.69) is 20.6 Å². The molecule has 0 aromatic carbocycles. The number of aromatic nitrogens is 2. The van der Waals surface area contributed by atoms with E-state index < -0.39 is 0 Å². The lowest BCUT2D eigenvalue weighted by Crippen LogP contribution is -2.23. The van der Waals surface area contributed by atoms with Gasteiger partial charge in [0.25, 0.3) is 5.91 Å². The van der Waals surface area contributed by atoms with Gasteiger partial charge in [-0.15, -0.1) is 11.3 Å². The minimum atomic E-state index is -0.193. The minimum absolute atomic E-state index is 0.193. The van der Waals surface area contributed by atoms with E-state index >= 15 is 0 Å². The van der Waals surface area contributed by atoms with Crippen molar-refractivity contribution in [2.24, 2.45) is 0 Å². The number of halogens is 1. The summed E-state index contributed by atoms with van der Waals surface area (Å²) in [7, 11) is 0. The maximum atomic E-state index is 12.1. The standard InChI is InChI=1S/C13H15ClN4OS/c1-3-15-11-5-9(4-10(14)18-11)13(19)16-6-12-17-8(2)7-20-12/h4-5,7H,3,6H2,1-2H3,(H,15,18)(H,16,19). The molecule has 0 bridgehead atoms. The van der Waals surface area contributed by atoms with E-state index in [4.69, 9.17) is 11.6 Å². The van der Waals surface area contributed by atoms with Gasteiger partial charge in [-0.3, -0.25) is 4.79 Å². The molecule has 1 amide bonds. The fraction of sp³-hybridized carbons (Fsp3) is 0.308. The highest BCUT2D eigenvalue weighted by Gasteiger charge is 2.10. The summed E-state index contributed by atoms with van der Waals surface area (Å²) >= 11 is 7.43. The van der Waals surface area contributed by atoms with Gasteiger partial charge >= 0.3 is 0 Å². The molecule has 2 N–H and O–H groups in total. The maximum absolute atomic E-state index is 12.1. The van der Waals surface area contributed by atoms with Crippen LogP contribution in [0.2, 0.25) is 5.15 Å². The molecule has 2 rings (SSSR count). The number of rotatable bonds is 5. The second kappa shape index (κ2) is 6.67. The lowest BCUT2D eigenvalue weighted by atomic mass is 10.2. The third-order valence-electron chi connectivity index (χ3n) is 2.48. The molecule has 2 aromatic rings. The van der Waals surface area contributed by atoms with Crippen LogP contribution in [0.15, 0.2) is 17.5 Å². The van der Waals surface area contributed by atoms with Crippen molar-refractivity contribution in [2.45, 2.75) is 20.4 Å². The number of amides is 1. The largest absolute Gasteiger partial charge is 0.370 e. The zero-order valence-corrected chi connectivity index (χ0v) is 12.8. The van der Waals surface area contributed by atoms with Crippen molar-refractivity contribution >= 4 is 34.7 Å². The van der Waals surface area contributed by atoms with Crippen LogP contribution in [-0.4, -0.2) is 22.4 Å². The van der Waals surface area contributed by atoms with E-state index in [1.807, 2.05) is 19.2 Å². The first-order valence-corrected chi connectivity index (χ1v) is 7.45. The summed E-state index contributed by atoms with van der Waals surface area (Å²) in [5, 5.41) is 8.98. The molecule has 106 valence electrons. The highest BCUT2D eigenvalue weighted by atomic mass is 35.5. The summed E-state index contributed by atoms with van der Waals surface area (Å²) in [6.45, 7) is 5.00. The van der Waals surface area contributed by atoms with Crippen molar-refractivity contribution < 1.29 is 4.79 Å². The smallest absolute Gasteiger partial charge is 0.251 e. The summed E-state index contributed by atoms with van der Waals surface area (Å²) in [6, 6.07) is 3.22. The normalized spacial score (nSPS) is 10.3. The molecule has 0 saturated carbocycles. The van der Waals surface area contributed by atoms with Gasteiger partial charge < -0.3 is 10.6 Å². The Labute approximate surface area is 126 Å². The van der Waals surface area contributed by atoms with Gasteiger partial charge in [0.1, 0.15) is 16.0 Å². The number of anilines is 1. The van der Waals surface area contributed by atoms with Gasteiger partial charge in [0.2, 0.25) is 0 Å². The van der Waals surface area contributed by atoms with Crippen LogP contribution in [0.25, 0.3) is 0 Å². The number of hydrogen-bond donors (Lipinski definition) is 2. The molecule has 0 aliphatic heterocycles. The third kappa shape index (κ3) is 3.91. The molecule has 0 aliphatic rings. The van der Waals surface area contributed by atoms with Gasteiger partial charge in [-0.05, 0) is 26.0 Å². The van der Waals surface area contributed by atoms with Crippen molar-refractivity contribution in [3.63, 3.8) is 0 Å². The minimum Gasteiger partial charge on any atom is -0.370 e. The maximum Gasteiger partial charge on any atom is 0.251 e. The average molecular weight is 311 g/mol. The molecule has 7 heteroatoms. The Bertz CT molecular complexity index is 614. The first-order valence-electron chi connectivity index (χ1n) is 6.19. The molecule has 0 spiro atoms. The van der Waals surface area contributed by atoms with Crippen LogP contribution in [0.3, 0.4) is 0 Å². The van der Waals surface area contributed by atoms with Crippen LogP contribution in [0.5, 0.6) is 0 Å². The van der Waals surface area contributed by atoms with Gasteiger partial charge in [-0.25, -0.2) is 9.97 Å². The lowest BCUT2D eigenvalue weighted by Gasteiger charge is -2.07. The molecule has 0 saturated heterocycles. The van der Waals surface area contributed by atoms with Gasteiger partial charge in [-0.1, -0.05) is 11.6 Å². The zero-order valence-electron chi connectivity index (χ0n) is 11.2. The highest BCUT2D eigenvalue weighted by molar-refractivity contribution is 7.09. The lowest BCUT2D eigenvalue weighted by molar-refractivity contribution is 0.0951. The number of carbonyl (C=O) groups excluding carboxylic acids is 1. The molecule has 0 atom stereocenters. The number of thiazole rings is 1. The topological polar surface area (TPSA) is 66.9 Å². The first-order chi connectivity index (χ1) is 9.58. The van der Waals surface area contributed by atoms with E-state index in [1.54, 1.807) is 12.1 Å².